The van der Waals surface area contributed by atoms with E-state index in [1.165, 1.54) is 6.07 Å². The number of hydrogen-bond acceptors (Lipinski definition) is 5. The normalized spacial score (nSPS) is 18.5. The molecule has 1 fully saturated rings. The lowest BCUT2D eigenvalue weighted by molar-refractivity contribution is -0.143. The molecule has 0 saturated heterocycles. The highest BCUT2D eigenvalue weighted by Crippen LogP contribution is 2.32. The van der Waals surface area contributed by atoms with Gasteiger partial charge in [-0.3, -0.25) is 4.79 Å². The highest BCUT2D eigenvalue weighted by atomic mass is 19.1. The van der Waals surface area contributed by atoms with Crippen molar-refractivity contribution < 1.29 is 19.4 Å². The van der Waals surface area contributed by atoms with Crippen molar-refractivity contribution >= 4 is 11.9 Å². The van der Waals surface area contributed by atoms with E-state index in [4.69, 9.17) is 5.11 Å². The Balaban J connectivity index is 1.60. The van der Waals surface area contributed by atoms with E-state index in [1.807, 2.05) is 0 Å². The van der Waals surface area contributed by atoms with Crippen LogP contribution in [0.5, 0.6) is 5.75 Å². The van der Waals surface area contributed by atoms with E-state index in [0.29, 0.717) is 53.8 Å². The van der Waals surface area contributed by atoms with Gasteiger partial charge in [-0.2, -0.15) is 0 Å². The molecule has 31 heavy (non-hydrogen) atoms. The number of phenols is 1. The molecule has 2 aromatic carbocycles. The zero-order valence-electron chi connectivity index (χ0n) is 17.0. The molecule has 7 heteroatoms. The van der Waals surface area contributed by atoms with Crippen LogP contribution in [0.25, 0.3) is 22.5 Å². The number of carboxylic acid groups (broad SMARTS) is 1. The quantitative estimate of drug-likeness (QED) is 0.521. The second kappa shape index (κ2) is 9.12. The first-order chi connectivity index (χ1) is 15.0. The Morgan fingerprint density at radius 2 is 1.58 bits per heavy atom. The summed E-state index contributed by atoms with van der Waals surface area (Å²) in [6, 6.07) is 14.9. The Morgan fingerprint density at radius 3 is 2.23 bits per heavy atom. The molecule has 1 aliphatic carbocycles. The maximum atomic E-state index is 14.4. The summed E-state index contributed by atoms with van der Waals surface area (Å²) in [5.41, 5.74) is 1.80. The van der Waals surface area contributed by atoms with Crippen LogP contribution in [0.3, 0.4) is 0 Å². The molecule has 3 N–H and O–H groups in total. The molecule has 0 spiro atoms. The van der Waals surface area contributed by atoms with Crippen LogP contribution in [0, 0.1) is 17.7 Å². The lowest BCUT2D eigenvalue weighted by Gasteiger charge is -2.26. The molecule has 4 rings (SSSR count). The number of aromatic hydroxyl groups is 1. The Hall–Kier alpha value is -3.48. The fourth-order valence-electron chi connectivity index (χ4n) is 4.01. The van der Waals surface area contributed by atoms with Crippen molar-refractivity contribution in [2.24, 2.45) is 11.8 Å². The molecule has 1 aliphatic rings. The number of aromatic nitrogens is 2. The van der Waals surface area contributed by atoms with Gasteiger partial charge in [0, 0.05) is 17.7 Å². The molecule has 1 saturated carbocycles. The number of phenolic OH excluding ortho intramolecular Hbond substituents is 1. The minimum absolute atomic E-state index is 0.0821. The monoisotopic (exact) mass is 421 g/mol. The fraction of sp³-hybridized carbons (Fsp3) is 0.292. The molecule has 0 atom stereocenters. The predicted molar refractivity (Wildman–Crippen MR) is 116 cm³/mol. The average molecular weight is 421 g/mol. The highest BCUT2D eigenvalue weighted by Gasteiger charge is 2.26. The number of nitrogens with zero attached hydrogens (tertiary/aromatic N) is 2. The van der Waals surface area contributed by atoms with E-state index in [1.54, 1.807) is 48.5 Å². The van der Waals surface area contributed by atoms with Crippen LogP contribution in [0.2, 0.25) is 0 Å². The van der Waals surface area contributed by atoms with Gasteiger partial charge in [-0.15, -0.1) is 0 Å². The molecule has 1 heterocycles. The van der Waals surface area contributed by atoms with Gasteiger partial charge in [-0.1, -0.05) is 24.3 Å². The molecule has 0 radical (unpaired) electrons. The second-order valence-electron chi connectivity index (χ2n) is 7.90. The minimum Gasteiger partial charge on any atom is -0.507 e. The largest absolute Gasteiger partial charge is 0.507 e. The summed E-state index contributed by atoms with van der Waals surface area (Å²) >= 11 is 0. The van der Waals surface area contributed by atoms with Crippen LogP contribution in [-0.4, -0.2) is 32.7 Å². The number of carbonyl (C=O) groups is 1. The number of benzene rings is 2. The van der Waals surface area contributed by atoms with Crippen molar-refractivity contribution in [2.75, 3.05) is 11.9 Å². The van der Waals surface area contributed by atoms with E-state index >= 15 is 0 Å². The molecule has 1 aromatic heterocycles. The standard InChI is InChI=1S/C24H24FN3O3/c25-19-7-3-1-5-17(19)20-13-21(18-6-2-4-8-22(18)29)28-24(27-20)26-14-15-9-11-16(12-10-15)23(30)31/h1-8,13,15-16,29H,9-12,14H2,(H,30,31)(H,26,27,28). The van der Waals surface area contributed by atoms with Gasteiger partial charge in [0.15, 0.2) is 0 Å². The lowest BCUT2D eigenvalue weighted by atomic mass is 9.82. The molecule has 6 nitrogen and oxygen atoms in total. The number of aliphatic carboxylic acids is 1. The van der Waals surface area contributed by atoms with Gasteiger partial charge < -0.3 is 15.5 Å². The minimum atomic E-state index is -0.723. The number of anilines is 1. The zero-order valence-corrected chi connectivity index (χ0v) is 17.0. The maximum Gasteiger partial charge on any atom is 0.306 e. The number of hydrogen-bond donors (Lipinski definition) is 3. The highest BCUT2D eigenvalue weighted by molar-refractivity contribution is 5.73. The van der Waals surface area contributed by atoms with Gasteiger partial charge in [0.1, 0.15) is 11.6 Å². The zero-order chi connectivity index (χ0) is 21.8. The first kappa shape index (κ1) is 20.8. The van der Waals surface area contributed by atoms with E-state index in [-0.39, 0.29) is 17.5 Å². The van der Waals surface area contributed by atoms with Gasteiger partial charge in [-0.25, -0.2) is 14.4 Å². The molecule has 0 unspecified atom stereocenters. The maximum absolute atomic E-state index is 14.4. The smallest absolute Gasteiger partial charge is 0.306 e. The number of carboxylic acids is 1. The third-order valence-corrected chi connectivity index (χ3v) is 5.80. The Morgan fingerprint density at radius 1 is 0.968 bits per heavy atom. The second-order valence-corrected chi connectivity index (χ2v) is 7.90. The molecule has 3 aromatic rings. The van der Waals surface area contributed by atoms with Crippen molar-refractivity contribution in [1.82, 2.24) is 9.97 Å². The van der Waals surface area contributed by atoms with E-state index < -0.39 is 5.97 Å². The summed E-state index contributed by atoms with van der Waals surface area (Å²) in [5, 5.41) is 22.7. The van der Waals surface area contributed by atoms with Crippen molar-refractivity contribution in [2.45, 2.75) is 25.7 Å². The molecule has 160 valence electrons. The topological polar surface area (TPSA) is 95.3 Å². The molecular weight excluding hydrogens is 397 g/mol. The van der Waals surface area contributed by atoms with Crippen LogP contribution >= 0.6 is 0 Å². The Labute approximate surface area is 179 Å². The van der Waals surface area contributed by atoms with E-state index in [0.717, 1.165) is 12.8 Å². The first-order valence-corrected chi connectivity index (χ1v) is 10.4. The summed E-state index contributed by atoms with van der Waals surface area (Å²) in [5.74, 6) is -0.616. The molecular formula is C24H24FN3O3. The lowest BCUT2D eigenvalue weighted by Crippen LogP contribution is -2.25. The van der Waals surface area contributed by atoms with Crippen LogP contribution < -0.4 is 5.32 Å². The SMILES string of the molecule is O=C(O)C1CCC(CNc2nc(-c3ccccc3O)cc(-c3ccccc3F)n2)CC1. The predicted octanol–water partition coefficient (Wildman–Crippen LogP) is 4.96. The van der Waals surface area contributed by atoms with Gasteiger partial charge in [0.05, 0.1) is 17.3 Å². The summed E-state index contributed by atoms with van der Waals surface area (Å²) in [6.45, 7) is 0.604. The van der Waals surface area contributed by atoms with Crippen LogP contribution in [0.4, 0.5) is 10.3 Å². The molecule has 0 bridgehead atoms. The number of halogens is 1. The van der Waals surface area contributed by atoms with Gasteiger partial charge in [0.25, 0.3) is 0 Å². The number of rotatable bonds is 6. The fourth-order valence-corrected chi connectivity index (χ4v) is 4.01. The first-order valence-electron chi connectivity index (χ1n) is 10.4. The number of nitrogens with one attached hydrogen (secondary N) is 1. The Bertz CT molecular complexity index is 1020. The van der Waals surface area contributed by atoms with Crippen molar-refractivity contribution in [3.05, 3.63) is 60.4 Å². The van der Waals surface area contributed by atoms with Gasteiger partial charge in [-0.05, 0) is 61.9 Å². The van der Waals surface area contributed by atoms with Crippen molar-refractivity contribution in [3.63, 3.8) is 0 Å². The Kier molecular flexibility index (Phi) is 6.11. The van der Waals surface area contributed by atoms with Crippen LogP contribution in [-0.2, 0) is 4.79 Å². The van der Waals surface area contributed by atoms with Gasteiger partial charge in [0.2, 0.25) is 5.95 Å². The average Bonchev–Trinajstić information content (AvgIpc) is 2.78. The van der Waals surface area contributed by atoms with Crippen LogP contribution in [0.15, 0.2) is 54.6 Å². The van der Waals surface area contributed by atoms with E-state index in [2.05, 4.69) is 15.3 Å². The van der Waals surface area contributed by atoms with Crippen molar-refractivity contribution in [1.29, 1.82) is 0 Å². The summed E-state index contributed by atoms with van der Waals surface area (Å²) in [4.78, 5) is 20.2. The van der Waals surface area contributed by atoms with E-state index in [9.17, 15) is 14.3 Å². The summed E-state index contributed by atoms with van der Waals surface area (Å²) in [7, 11) is 0. The van der Waals surface area contributed by atoms with Crippen molar-refractivity contribution in [3.8, 4) is 28.3 Å². The van der Waals surface area contributed by atoms with Crippen LogP contribution in [0.1, 0.15) is 25.7 Å². The summed E-state index contributed by atoms with van der Waals surface area (Å²) < 4.78 is 14.4. The van der Waals surface area contributed by atoms with Gasteiger partial charge >= 0.3 is 5.97 Å². The molecule has 0 amide bonds. The number of para-hydroxylation sites is 1. The molecule has 0 aliphatic heterocycles. The third kappa shape index (κ3) is 4.82. The third-order valence-electron chi connectivity index (χ3n) is 5.80. The summed E-state index contributed by atoms with van der Waals surface area (Å²) in [6.07, 6.45) is 2.98.